The van der Waals surface area contributed by atoms with Crippen LogP contribution in [0.3, 0.4) is 0 Å². The number of hydrogen-bond donors (Lipinski definition) is 0. The molecule has 0 aromatic heterocycles. The second kappa shape index (κ2) is 8.50. The monoisotopic (exact) mass is 330 g/mol. The largest absolute Gasteiger partial charge is 0.192 e. The van der Waals surface area contributed by atoms with E-state index < -0.39 is 0 Å². The molecule has 0 fully saturated rings. The minimum absolute atomic E-state index is 0.753. The minimum Gasteiger partial charge on any atom is -0.192 e. The van der Waals surface area contributed by atoms with Crippen LogP contribution in [0.4, 0.5) is 0 Å². The molecule has 128 valence electrons. The summed E-state index contributed by atoms with van der Waals surface area (Å²) in [6.07, 6.45) is 4.60. The minimum atomic E-state index is 0.753. The molecule has 0 saturated heterocycles. The van der Waals surface area contributed by atoms with E-state index >= 15 is 0 Å². The number of nitrogens with zero attached hydrogens (tertiary/aromatic N) is 2. The maximum absolute atomic E-state index is 9.30. The fourth-order valence-corrected chi connectivity index (χ4v) is 3.62. The Balaban J connectivity index is 2.64. The predicted molar refractivity (Wildman–Crippen MR) is 103 cm³/mol. The second-order valence-corrected chi connectivity index (χ2v) is 6.36. The van der Waals surface area contributed by atoms with Gasteiger partial charge in [0, 0.05) is 0 Å². The molecule has 25 heavy (non-hydrogen) atoms. The zero-order valence-electron chi connectivity index (χ0n) is 15.7. The molecule has 0 aliphatic heterocycles. The van der Waals surface area contributed by atoms with E-state index in [4.69, 9.17) is 0 Å². The van der Waals surface area contributed by atoms with Crippen LogP contribution in [0.1, 0.15) is 72.2 Å². The summed E-state index contributed by atoms with van der Waals surface area (Å²) in [5.41, 5.74) is 9.30. The van der Waals surface area contributed by atoms with E-state index in [0.717, 1.165) is 43.2 Å². The van der Waals surface area contributed by atoms with E-state index in [1.165, 1.54) is 33.4 Å². The summed E-state index contributed by atoms with van der Waals surface area (Å²) < 4.78 is 0. The number of hydrogen-bond acceptors (Lipinski definition) is 2. The molecule has 0 amide bonds. The van der Waals surface area contributed by atoms with Crippen molar-refractivity contribution in [1.29, 1.82) is 10.5 Å². The van der Waals surface area contributed by atoms with Crippen LogP contribution in [0.15, 0.2) is 24.3 Å². The lowest BCUT2D eigenvalue weighted by Gasteiger charge is -2.19. The second-order valence-electron chi connectivity index (χ2n) is 6.36. The van der Waals surface area contributed by atoms with Gasteiger partial charge in [-0.05, 0) is 89.8 Å². The molecule has 0 N–H and O–H groups in total. The lowest BCUT2D eigenvalue weighted by molar-refractivity contribution is 0.953. The number of benzene rings is 2. The molecule has 0 unspecified atom stereocenters. The molecule has 0 aliphatic rings. The van der Waals surface area contributed by atoms with Gasteiger partial charge in [-0.3, -0.25) is 0 Å². The van der Waals surface area contributed by atoms with Crippen LogP contribution in [0.25, 0.3) is 0 Å². The first-order chi connectivity index (χ1) is 12.1. The summed E-state index contributed by atoms with van der Waals surface area (Å²) in [6, 6.07) is 12.7. The Labute approximate surface area is 151 Å². The van der Waals surface area contributed by atoms with E-state index in [9.17, 15) is 10.5 Å². The number of rotatable bonds is 6. The van der Waals surface area contributed by atoms with Crippen molar-refractivity contribution in [2.45, 2.75) is 59.8 Å². The van der Waals surface area contributed by atoms with E-state index in [0.29, 0.717) is 0 Å². The molecule has 0 heterocycles. The van der Waals surface area contributed by atoms with Crippen molar-refractivity contribution in [2.24, 2.45) is 0 Å². The van der Waals surface area contributed by atoms with Crippen molar-refractivity contribution < 1.29 is 0 Å². The van der Waals surface area contributed by atoms with Crippen LogP contribution in [-0.4, -0.2) is 0 Å². The fourth-order valence-electron chi connectivity index (χ4n) is 3.62. The van der Waals surface area contributed by atoms with Gasteiger partial charge >= 0.3 is 0 Å². The van der Waals surface area contributed by atoms with Crippen molar-refractivity contribution in [3.05, 3.63) is 68.8 Å². The zero-order chi connectivity index (χ0) is 18.4. The molecule has 2 aromatic carbocycles. The molecule has 0 aliphatic carbocycles. The molecule has 2 rings (SSSR count). The summed E-state index contributed by atoms with van der Waals surface area (Å²) in [5.74, 6) is 0. The average Bonchev–Trinajstić information content (AvgIpc) is 2.67. The maximum Gasteiger partial charge on any atom is 0.0991 e. The Morgan fingerprint density at radius 3 is 1.08 bits per heavy atom. The highest BCUT2D eigenvalue weighted by molar-refractivity contribution is 5.50. The summed E-state index contributed by atoms with van der Waals surface area (Å²) in [7, 11) is 0. The molecule has 0 atom stereocenters. The van der Waals surface area contributed by atoms with Crippen molar-refractivity contribution in [1.82, 2.24) is 0 Å². The maximum atomic E-state index is 9.30. The average molecular weight is 330 g/mol. The van der Waals surface area contributed by atoms with Crippen LogP contribution < -0.4 is 0 Å². The highest BCUT2D eigenvalue weighted by Gasteiger charge is 2.15. The third-order valence-electron chi connectivity index (χ3n) is 5.00. The molecular formula is C23H26N2. The number of nitriles is 2. The molecule has 0 radical (unpaired) electrons. The highest BCUT2D eigenvalue weighted by Crippen LogP contribution is 2.27. The quantitative estimate of drug-likeness (QED) is 0.724. The van der Waals surface area contributed by atoms with Crippen molar-refractivity contribution >= 4 is 0 Å². The first-order valence-electron chi connectivity index (χ1n) is 9.21. The third-order valence-corrected chi connectivity index (χ3v) is 5.00. The Kier molecular flexibility index (Phi) is 6.37. The third kappa shape index (κ3) is 3.92. The molecule has 0 saturated carbocycles. The highest BCUT2D eigenvalue weighted by atomic mass is 14.3. The van der Waals surface area contributed by atoms with Gasteiger partial charge in [0.2, 0.25) is 0 Å². The molecule has 2 aromatic rings. The lowest BCUT2D eigenvalue weighted by Crippen LogP contribution is -2.07. The zero-order valence-corrected chi connectivity index (χ0v) is 15.7. The van der Waals surface area contributed by atoms with Gasteiger partial charge in [0.15, 0.2) is 0 Å². The SMILES string of the molecule is CCc1cc(C#N)cc(CC)c1Cc1c(CC)cc(C#N)cc1CC. The fraction of sp³-hybridized carbons (Fsp3) is 0.391. The van der Waals surface area contributed by atoms with Crippen molar-refractivity contribution in [3.63, 3.8) is 0 Å². The molecule has 2 nitrogen and oxygen atoms in total. The van der Waals surface area contributed by atoms with Crippen molar-refractivity contribution in [3.8, 4) is 12.1 Å². The summed E-state index contributed by atoms with van der Waals surface area (Å²) in [6.45, 7) is 8.61. The van der Waals surface area contributed by atoms with E-state index in [1.54, 1.807) is 0 Å². The Morgan fingerprint density at radius 1 is 0.600 bits per heavy atom. The van der Waals surface area contributed by atoms with Crippen LogP contribution in [-0.2, 0) is 32.1 Å². The van der Waals surface area contributed by atoms with Gasteiger partial charge in [-0.15, -0.1) is 0 Å². The van der Waals surface area contributed by atoms with Gasteiger partial charge in [0.25, 0.3) is 0 Å². The first kappa shape index (κ1) is 18.8. The van der Waals surface area contributed by atoms with Gasteiger partial charge in [-0.2, -0.15) is 10.5 Å². The Hall–Kier alpha value is -2.58. The van der Waals surface area contributed by atoms with E-state index in [2.05, 4.69) is 39.8 Å². The van der Waals surface area contributed by atoms with Gasteiger partial charge in [-0.1, -0.05) is 27.7 Å². The summed E-state index contributed by atoms with van der Waals surface area (Å²) in [5, 5.41) is 18.6. The summed E-state index contributed by atoms with van der Waals surface area (Å²) >= 11 is 0. The predicted octanol–water partition coefficient (Wildman–Crippen LogP) is 5.27. The van der Waals surface area contributed by atoms with Crippen molar-refractivity contribution in [2.75, 3.05) is 0 Å². The smallest absolute Gasteiger partial charge is 0.0991 e. The van der Waals surface area contributed by atoms with E-state index in [-0.39, 0.29) is 0 Å². The standard InChI is InChI=1S/C23H26N2/c1-5-18-9-16(14-24)10-19(6-2)22(18)13-23-20(7-3)11-17(15-25)12-21(23)8-4/h9-12H,5-8,13H2,1-4H3. The number of aryl methyl sites for hydroxylation is 4. The van der Waals surface area contributed by atoms with Gasteiger partial charge in [0.05, 0.1) is 23.3 Å². The van der Waals surface area contributed by atoms with E-state index in [1.807, 2.05) is 24.3 Å². The lowest BCUT2D eigenvalue weighted by atomic mass is 9.85. The normalized spacial score (nSPS) is 10.3. The van der Waals surface area contributed by atoms with Crippen LogP contribution in [0.5, 0.6) is 0 Å². The topological polar surface area (TPSA) is 47.6 Å². The van der Waals surface area contributed by atoms with Gasteiger partial charge in [-0.25, -0.2) is 0 Å². The van der Waals surface area contributed by atoms with Crippen LogP contribution >= 0.6 is 0 Å². The van der Waals surface area contributed by atoms with Gasteiger partial charge in [0.1, 0.15) is 0 Å². The van der Waals surface area contributed by atoms with Gasteiger partial charge < -0.3 is 0 Å². The van der Waals surface area contributed by atoms with Crippen LogP contribution in [0, 0.1) is 22.7 Å². The molecule has 2 heteroatoms. The first-order valence-corrected chi connectivity index (χ1v) is 9.21. The molecular weight excluding hydrogens is 304 g/mol. The Bertz CT molecular complexity index is 726. The summed E-state index contributed by atoms with van der Waals surface area (Å²) in [4.78, 5) is 0. The molecule has 0 bridgehead atoms. The van der Waals surface area contributed by atoms with Crippen LogP contribution in [0.2, 0.25) is 0 Å². The Morgan fingerprint density at radius 2 is 0.880 bits per heavy atom. The molecule has 0 spiro atoms.